The van der Waals surface area contributed by atoms with E-state index in [0.29, 0.717) is 13.0 Å². The Labute approximate surface area is 145 Å². The second kappa shape index (κ2) is 7.76. The lowest BCUT2D eigenvalue weighted by Crippen LogP contribution is -2.28. The number of nitrogens with one attached hydrogen (secondary N) is 2. The molecule has 1 fully saturated rings. The third-order valence-corrected chi connectivity index (χ3v) is 4.78. The minimum atomic E-state index is -1.01. The second-order valence-corrected chi connectivity index (χ2v) is 6.72. The van der Waals surface area contributed by atoms with E-state index >= 15 is 0 Å². The molecular formula is C19H22F2N2O2. The molecule has 0 heterocycles. The summed E-state index contributed by atoms with van der Waals surface area (Å²) in [5, 5.41) is 5.42. The Hall–Kier alpha value is -2.24. The summed E-state index contributed by atoms with van der Waals surface area (Å²) in [6.45, 7) is 0.596. The van der Waals surface area contributed by atoms with Crippen molar-refractivity contribution in [3.05, 3.63) is 41.5 Å². The molecule has 0 radical (unpaired) electrons. The molecule has 25 heavy (non-hydrogen) atoms. The monoisotopic (exact) mass is 348 g/mol. The van der Waals surface area contributed by atoms with Gasteiger partial charge in [-0.3, -0.25) is 9.59 Å². The highest BCUT2D eigenvalue weighted by molar-refractivity contribution is 5.99. The van der Waals surface area contributed by atoms with Gasteiger partial charge in [0.2, 0.25) is 11.8 Å². The van der Waals surface area contributed by atoms with Crippen LogP contribution in [0.1, 0.15) is 38.5 Å². The average Bonchev–Trinajstić information content (AvgIpc) is 3.40. The lowest BCUT2D eigenvalue weighted by molar-refractivity contribution is -0.125. The summed E-state index contributed by atoms with van der Waals surface area (Å²) in [5.41, 5.74) is 1.59. The van der Waals surface area contributed by atoms with Crippen LogP contribution in [-0.2, 0) is 9.59 Å². The quantitative estimate of drug-likeness (QED) is 0.773. The molecule has 0 saturated heterocycles. The molecule has 2 aliphatic rings. The van der Waals surface area contributed by atoms with Crippen LogP contribution in [0.3, 0.4) is 0 Å². The summed E-state index contributed by atoms with van der Waals surface area (Å²) >= 11 is 0. The molecule has 6 heteroatoms. The summed E-state index contributed by atoms with van der Waals surface area (Å²) in [6, 6.07) is 3.19. The number of anilines is 1. The zero-order chi connectivity index (χ0) is 17.8. The van der Waals surface area contributed by atoms with Crippen LogP contribution >= 0.6 is 0 Å². The van der Waals surface area contributed by atoms with E-state index in [9.17, 15) is 18.4 Å². The zero-order valence-electron chi connectivity index (χ0n) is 14.0. The fraction of sp³-hybridized carbons (Fsp3) is 0.474. The number of rotatable bonds is 6. The van der Waals surface area contributed by atoms with Crippen molar-refractivity contribution in [3.8, 4) is 0 Å². The van der Waals surface area contributed by atoms with Crippen LogP contribution in [0.25, 0.3) is 0 Å². The lowest BCUT2D eigenvalue weighted by atomic mass is 9.97. The predicted octanol–water partition coefficient (Wildman–Crippen LogP) is 3.55. The van der Waals surface area contributed by atoms with E-state index in [0.717, 1.165) is 31.4 Å². The number of carbonyl (C=O) groups is 2. The third-order valence-electron chi connectivity index (χ3n) is 4.78. The Morgan fingerprint density at radius 3 is 2.60 bits per heavy atom. The van der Waals surface area contributed by atoms with Gasteiger partial charge in [-0.05, 0) is 50.7 Å². The second-order valence-electron chi connectivity index (χ2n) is 6.72. The molecule has 0 bridgehead atoms. The fourth-order valence-electron chi connectivity index (χ4n) is 3.19. The van der Waals surface area contributed by atoms with Gasteiger partial charge in [0.05, 0.1) is 11.8 Å². The summed E-state index contributed by atoms with van der Waals surface area (Å²) in [7, 11) is 0. The maximum absolute atomic E-state index is 13.1. The summed E-state index contributed by atoms with van der Waals surface area (Å²) < 4.78 is 26.0. The highest BCUT2D eigenvalue weighted by Gasteiger charge is 2.47. The van der Waals surface area contributed by atoms with E-state index in [1.165, 1.54) is 24.5 Å². The van der Waals surface area contributed by atoms with Gasteiger partial charge in [-0.2, -0.15) is 0 Å². The van der Waals surface area contributed by atoms with Gasteiger partial charge >= 0.3 is 0 Å². The van der Waals surface area contributed by atoms with Gasteiger partial charge in [0.15, 0.2) is 11.6 Å². The van der Waals surface area contributed by atoms with Crippen LogP contribution in [0.2, 0.25) is 0 Å². The Balaban J connectivity index is 1.41. The summed E-state index contributed by atoms with van der Waals surface area (Å²) in [4.78, 5) is 24.2. The SMILES string of the molecule is O=C(NCCC1=CCCCC1)C1CC1C(=O)Nc1ccc(F)c(F)c1. The Morgan fingerprint density at radius 2 is 1.88 bits per heavy atom. The number of allylic oxidation sites excluding steroid dienone is 1. The van der Waals surface area contributed by atoms with Crippen molar-refractivity contribution in [3.63, 3.8) is 0 Å². The van der Waals surface area contributed by atoms with E-state index in [1.54, 1.807) is 0 Å². The van der Waals surface area contributed by atoms with Crippen LogP contribution in [0, 0.1) is 23.5 Å². The number of benzene rings is 1. The minimum Gasteiger partial charge on any atom is -0.356 e. The maximum atomic E-state index is 13.1. The highest BCUT2D eigenvalue weighted by Crippen LogP contribution is 2.39. The van der Waals surface area contributed by atoms with Crippen molar-refractivity contribution in [1.29, 1.82) is 0 Å². The Morgan fingerprint density at radius 1 is 1.08 bits per heavy atom. The van der Waals surface area contributed by atoms with Gasteiger partial charge in [-0.25, -0.2) is 8.78 Å². The van der Waals surface area contributed by atoms with E-state index in [1.807, 2.05) is 0 Å². The molecule has 134 valence electrons. The minimum absolute atomic E-state index is 0.109. The third kappa shape index (κ3) is 4.65. The topological polar surface area (TPSA) is 58.2 Å². The standard InChI is InChI=1S/C19H22F2N2O2/c20-16-7-6-13(10-17(16)21)23-19(25)15-11-14(15)18(24)22-9-8-12-4-2-1-3-5-12/h4,6-7,10,14-15H,1-3,5,8-9,11H2,(H,22,24)(H,23,25). The number of hydrogen-bond acceptors (Lipinski definition) is 2. The molecule has 2 amide bonds. The van der Waals surface area contributed by atoms with Crippen molar-refractivity contribution in [2.75, 3.05) is 11.9 Å². The molecule has 2 unspecified atom stereocenters. The largest absolute Gasteiger partial charge is 0.356 e. The predicted molar refractivity (Wildman–Crippen MR) is 90.8 cm³/mol. The van der Waals surface area contributed by atoms with Crippen molar-refractivity contribution < 1.29 is 18.4 Å². The van der Waals surface area contributed by atoms with Gasteiger partial charge in [-0.1, -0.05) is 11.6 Å². The first-order valence-corrected chi connectivity index (χ1v) is 8.76. The maximum Gasteiger partial charge on any atom is 0.228 e. The molecule has 2 aliphatic carbocycles. The number of hydrogen-bond donors (Lipinski definition) is 2. The number of halogens is 2. The first-order chi connectivity index (χ1) is 12.0. The molecule has 1 aromatic rings. The van der Waals surface area contributed by atoms with Crippen molar-refractivity contribution in [2.45, 2.75) is 38.5 Å². The van der Waals surface area contributed by atoms with E-state index in [4.69, 9.17) is 0 Å². The summed E-state index contributed by atoms with van der Waals surface area (Å²) in [6.07, 6.45) is 8.30. The van der Waals surface area contributed by atoms with Crippen LogP contribution in [0.5, 0.6) is 0 Å². The molecule has 0 spiro atoms. The number of carbonyl (C=O) groups excluding carboxylic acids is 2. The normalized spacial score (nSPS) is 22.1. The van der Waals surface area contributed by atoms with Crippen molar-refractivity contribution >= 4 is 17.5 Å². The zero-order valence-corrected chi connectivity index (χ0v) is 14.0. The average molecular weight is 348 g/mol. The van der Waals surface area contributed by atoms with Crippen molar-refractivity contribution in [1.82, 2.24) is 5.32 Å². The Kier molecular flexibility index (Phi) is 5.46. The molecule has 0 aromatic heterocycles. The van der Waals surface area contributed by atoms with Crippen LogP contribution < -0.4 is 10.6 Å². The molecule has 1 saturated carbocycles. The van der Waals surface area contributed by atoms with Crippen LogP contribution in [0.15, 0.2) is 29.8 Å². The Bertz CT molecular complexity index is 703. The highest BCUT2D eigenvalue weighted by atomic mass is 19.2. The first-order valence-electron chi connectivity index (χ1n) is 8.76. The van der Waals surface area contributed by atoms with Crippen molar-refractivity contribution in [2.24, 2.45) is 11.8 Å². The first kappa shape index (κ1) is 17.6. The van der Waals surface area contributed by atoms with E-state index in [-0.39, 0.29) is 23.4 Å². The molecule has 0 aliphatic heterocycles. The molecular weight excluding hydrogens is 326 g/mol. The fourth-order valence-corrected chi connectivity index (χ4v) is 3.19. The molecule has 2 N–H and O–H groups in total. The van der Waals surface area contributed by atoms with Gasteiger partial charge in [0, 0.05) is 18.3 Å². The van der Waals surface area contributed by atoms with Crippen LogP contribution in [0.4, 0.5) is 14.5 Å². The molecule has 1 aromatic carbocycles. The van der Waals surface area contributed by atoms with E-state index < -0.39 is 17.6 Å². The van der Waals surface area contributed by atoms with Crippen LogP contribution in [-0.4, -0.2) is 18.4 Å². The van der Waals surface area contributed by atoms with Gasteiger partial charge in [-0.15, -0.1) is 0 Å². The van der Waals surface area contributed by atoms with E-state index in [2.05, 4.69) is 16.7 Å². The lowest BCUT2D eigenvalue weighted by Gasteiger charge is -2.13. The molecule has 2 atom stereocenters. The molecule has 4 nitrogen and oxygen atoms in total. The van der Waals surface area contributed by atoms with Gasteiger partial charge in [0.25, 0.3) is 0 Å². The number of amides is 2. The van der Waals surface area contributed by atoms with Gasteiger partial charge in [0.1, 0.15) is 0 Å². The van der Waals surface area contributed by atoms with Gasteiger partial charge < -0.3 is 10.6 Å². The molecule has 3 rings (SSSR count). The summed E-state index contributed by atoms with van der Waals surface area (Å²) in [5.74, 6) is -3.15. The smallest absolute Gasteiger partial charge is 0.228 e.